The standard InChI is InChI=1S/C20H24O3/c1-12(2)18-17(23-6)8-7-15(11-21)20(18)19-13(3)9-16(22-5)10-14(19)4/h7-12H,1-6H3. The van der Waals surface area contributed by atoms with Crippen molar-refractivity contribution in [2.75, 3.05) is 14.2 Å². The molecule has 0 atom stereocenters. The summed E-state index contributed by atoms with van der Waals surface area (Å²) in [5.41, 5.74) is 5.96. The lowest BCUT2D eigenvalue weighted by atomic mass is 9.84. The average molecular weight is 312 g/mol. The first kappa shape index (κ1) is 17.1. The molecule has 0 radical (unpaired) electrons. The zero-order valence-electron chi connectivity index (χ0n) is 14.7. The van der Waals surface area contributed by atoms with E-state index in [4.69, 9.17) is 9.47 Å². The first-order valence-corrected chi connectivity index (χ1v) is 7.76. The molecule has 122 valence electrons. The quantitative estimate of drug-likeness (QED) is 0.735. The number of hydrogen-bond acceptors (Lipinski definition) is 3. The van der Waals surface area contributed by atoms with E-state index in [1.807, 2.05) is 38.1 Å². The van der Waals surface area contributed by atoms with Crippen molar-refractivity contribution < 1.29 is 14.3 Å². The van der Waals surface area contributed by atoms with Crippen LogP contribution in [-0.2, 0) is 0 Å². The number of ether oxygens (including phenoxy) is 2. The second-order valence-electron chi connectivity index (χ2n) is 6.05. The van der Waals surface area contributed by atoms with Crippen LogP contribution in [0.25, 0.3) is 11.1 Å². The average Bonchev–Trinajstić information content (AvgIpc) is 2.52. The van der Waals surface area contributed by atoms with Crippen LogP contribution in [0.4, 0.5) is 0 Å². The molecule has 0 fully saturated rings. The molecule has 0 N–H and O–H groups in total. The van der Waals surface area contributed by atoms with Crippen molar-refractivity contribution in [3.05, 3.63) is 46.5 Å². The lowest BCUT2D eigenvalue weighted by Gasteiger charge is -2.22. The highest BCUT2D eigenvalue weighted by atomic mass is 16.5. The fourth-order valence-corrected chi connectivity index (χ4v) is 3.18. The SMILES string of the molecule is COc1cc(C)c(-c2c(C=O)ccc(OC)c2C(C)C)c(C)c1. The van der Waals surface area contributed by atoms with Crippen LogP contribution in [0.5, 0.6) is 11.5 Å². The van der Waals surface area contributed by atoms with E-state index >= 15 is 0 Å². The summed E-state index contributed by atoms with van der Waals surface area (Å²) in [4.78, 5) is 11.7. The molecule has 0 bridgehead atoms. The molecule has 0 aliphatic rings. The molecular weight excluding hydrogens is 288 g/mol. The number of hydrogen-bond donors (Lipinski definition) is 0. The molecule has 0 saturated heterocycles. The summed E-state index contributed by atoms with van der Waals surface area (Å²) < 4.78 is 10.9. The van der Waals surface area contributed by atoms with E-state index in [2.05, 4.69) is 13.8 Å². The molecule has 0 spiro atoms. The largest absolute Gasteiger partial charge is 0.497 e. The van der Waals surface area contributed by atoms with Gasteiger partial charge in [0, 0.05) is 11.1 Å². The first-order chi connectivity index (χ1) is 10.9. The molecule has 0 unspecified atom stereocenters. The van der Waals surface area contributed by atoms with Crippen LogP contribution < -0.4 is 9.47 Å². The molecule has 0 aromatic heterocycles. The predicted molar refractivity (Wildman–Crippen MR) is 93.9 cm³/mol. The Morgan fingerprint density at radius 3 is 2.00 bits per heavy atom. The molecule has 0 heterocycles. The van der Waals surface area contributed by atoms with Gasteiger partial charge in [-0.15, -0.1) is 0 Å². The number of methoxy groups -OCH3 is 2. The van der Waals surface area contributed by atoms with Crippen LogP contribution in [-0.4, -0.2) is 20.5 Å². The maximum atomic E-state index is 11.7. The lowest BCUT2D eigenvalue weighted by Crippen LogP contribution is -2.04. The maximum absolute atomic E-state index is 11.7. The monoisotopic (exact) mass is 312 g/mol. The Labute approximate surface area is 138 Å². The Bertz CT molecular complexity index is 707. The summed E-state index contributed by atoms with van der Waals surface area (Å²) in [6.45, 7) is 8.32. The number of rotatable bonds is 5. The highest BCUT2D eigenvalue weighted by Crippen LogP contribution is 2.41. The number of benzene rings is 2. The zero-order valence-corrected chi connectivity index (χ0v) is 14.7. The van der Waals surface area contributed by atoms with Gasteiger partial charge < -0.3 is 9.47 Å². The van der Waals surface area contributed by atoms with Crippen LogP contribution >= 0.6 is 0 Å². The van der Waals surface area contributed by atoms with Crippen LogP contribution in [0.2, 0.25) is 0 Å². The topological polar surface area (TPSA) is 35.5 Å². The summed E-state index contributed by atoms with van der Waals surface area (Å²) in [7, 11) is 3.33. The normalized spacial score (nSPS) is 10.7. The van der Waals surface area contributed by atoms with Crippen molar-refractivity contribution in [1.82, 2.24) is 0 Å². The molecule has 3 heteroatoms. The summed E-state index contributed by atoms with van der Waals surface area (Å²) in [6.07, 6.45) is 0.920. The van der Waals surface area contributed by atoms with Crippen molar-refractivity contribution in [3.8, 4) is 22.6 Å². The minimum absolute atomic E-state index is 0.237. The van der Waals surface area contributed by atoms with E-state index in [-0.39, 0.29) is 5.92 Å². The van der Waals surface area contributed by atoms with Gasteiger partial charge in [-0.25, -0.2) is 0 Å². The third kappa shape index (κ3) is 3.09. The van der Waals surface area contributed by atoms with Gasteiger partial charge in [0.2, 0.25) is 0 Å². The summed E-state index contributed by atoms with van der Waals surface area (Å²) >= 11 is 0. The van der Waals surface area contributed by atoms with Crippen LogP contribution in [0.15, 0.2) is 24.3 Å². The Morgan fingerprint density at radius 2 is 1.57 bits per heavy atom. The third-order valence-electron chi connectivity index (χ3n) is 4.15. The minimum Gasteiger partial charge on any atom is -0.497 e. The van der Waals surface area contributed by atoms with Gasteiger partial charge in [0.15, 0.2) is 6.29 Å². The maximum Gasteiger partial charge on any atom is 0.150 e. The summed E-state index contributed by atoms with van der Waals surface area (Å²) in [5, 5.41) is 0. The highest BCUT2D eigenvalue weighted by Gasteiger charge is 2.21. The van der Waals surface area contributed by atoms with Gasteiger partial charge in [-0.1, -0.05) is 13.8 Å². The van der Waals surface area contributed by atoms with Gasteiger partial charge in [0.05, 0.1) is 14.2 Å². The van der Waals surface area contributed by atoms with Gasteiger partial charge in [-0.2, -0.15) is 0 Å². The molecule has 0 amide bonds. The van der Waals surface area contributed by atoms with Crippen molar-refractivity contribution in [1.29, 1.82) is 0 Å². The smallest absolute Gasteiger partial charge is 0.150 e. The molecule has 23 heavy (non-hydrogen) atoms. The fourth-order valence-electron chi connectivity index (χ4n) is 3.18. The predicted octanol–water partition coefficient (Wildman–Crippen LogP) is 4.92. The first-order valence-electron chi connectivity index (χ1n) is 7.76. The van der Waals surface area contributed by atoms with Gasteiger partial charge in [0.1, 0.15) is 11.5 Å². The van der Waals surface area contributed by atoms with E-state index < -0.39 is 0 Å². The van der Waals surface area contributed by atoms with Crippen LogP contribution in [0.1, 0.15) is 46.8 Å². The van der Waals surface area contributed by atoms with E-state index in [9.17, 15) is 4.79 Å². The molecule has 2 rings (SSSR count). The summed E-state index contributed by atoms with van der Waals surface area (Å²) in [5.74, 6) is 1.88. The van der Waals surface area contributed by atoms with E-state index in [1.165, 1.54) is 0 Å². The zero-order chi connectivity index (χ0) is 17.1. The molecular formula is C20H24O3. The Kier molecular flexibility index (Phi) is 5.09. The van der Waals surface area contributed by atoms with E-state index in [0.29, 0.717) is 5.56 Å². The summed E-state index contributed by atoms with van der Waals surface area (Å²) in [6, 6.07) is 7.70. The molecule has 3 nitrogen and oxygen atoms in total. The molecule has 0 aliphatic heterocycles. The molecule has 2 aromatic rings. The van der Waals surface area contributed by atoms with Crippen molar-refractivity contribution >= 4 is 6.29 Å². The second kappa shape index (κ2) is 6.86. The minimum atomic E-state index is 0.237. The number of aryl methyl sites for hydroxylation is 2. The highest BCUT2D eigenvalue weighted by molar-refractivity contribution is 5.92. The number of carbonyl (C=O) groups excluding carboxylic acids is 1. The van der Waals surface area contributed by atoms with Crippen LogP contribution in [0.3, 0.4) is 0 Å². The van der Waals surface area contributed by atoms with Crippen molar-refractivity contribution in [2.45, 2.75) is 33.6 Å². The van der Waals surface area contributed by atoms with Gasteiger partial charge >= 0.3 is 0 Å². The Balaban J connectivity index is 2.89. The van der Waals surface area contributed by atoms with E-state index in [0.717, 1.165) is 45.6 Å². The molecule has 0 saturated carbocycles. The number of aldehydes is 1. The second-order valence-corrected chi connectivity index (χ2v) is 6.05. The third-order valence-corrected chi connectivity index (χ3v) is 4.15. The lowest BCUT2D eigenvalue weighted by molar-refractivity contribution is 0.112. The van der Waals surface area contributed by atoms with Crippen molar-refractivity contribution in [3.63, 3.8) is 0 Å². The number of carbonyl (C=O) groups is 1. The van der Waals surface area contributed by atoms with Crippen LogP contribution in [0, 0.1) is 13.8 Å². The van der Waals surface area contributed by atoms with Crippen molar-refractivity contribution in [2.24, 2.45) is 0 Å². The fraction of sp³-hybridized carbons (Fsp3) is 0.350. The Hall–Kier alpha value is -2.29. The molecule has 2 aromatic carbocycles. The Morgan fingerprint density at radius 1 is 0.957 bits per heavy atom. The van der Waals surface area contributed by atoms with Gasteiger partial charge in [-0.3, -0.25) is 4.79 Å². The van der Waals surface area contributed by atoms with E-state index in [1.54, 1.807) is 14.2 Å². The molecule has 0 aliphatic carbocycles. The van der Waals surface area contributed by atoms with Gasteiger partial charge in [0.25, 0.3) is 0 Å². The van der Waals surface area contributed by atoms with Gasteiger partial charge in [-0.05, 0) is 66.3 Å².